The topological polar surface area (TPSA) is 98.7 Å². The maximum Gasteiger partial charge on any atom is 0.318 e. The van der Waals surface area contributed by atoms with Gasteiger partial charge in [0.1, 0.15) is 6.04 Å². The number of hydrogen-bond donors (Lipinski definition) is 3. The Kier molecular flexibility index (Phi) is 5.67. The smallest absolute Gasteiger partial charge is 0.318 e. The van der Waals surface area contributed by atoms with Gasteiger partial charge >= 0.3 is 12.0 Å². The van der Waals surface area contributed by atoms with Crippen molar-refractivity contribution >= 4 is 17.9 Å². The summed E-state index contributed by atoms with van der Waals surface area (Å²) < 4.78 is 0. The van der Waals surface area contributed by atoms with Crippen LogP contribution in [-0.4, -0.2) is 53.6 Å². The van der Waals surface area contributed by atoms with Gasteiger partial charge in [-0.2, -0.15) is 0 Å². The standard InChI is InChI=1S/C12H17N3O4/c1-2-3-4-5-14-12(19)15-7-6-13-11(18)9(15)8-10(16)17/h9H,4-8H2,1H3,(H,13,18)(H,14,19)(H,16,17). The van der Waals surface area contributed by atoms with Crippen molar-refractivity contribution in [3.8, 4) is 11.8 Å². The van der Waals surface area contributed by atoms with Crippen molar-refractivity contribution in [3.63, 3.8) is 0 Å². The summed E-state index contributed by atoms with van der Waals surface area (Å²) in [6, 6.07) is -1.39. The Morgan fingerprint density at radius 1 is 1.58 bits per heavy atom. The molecule has 7 nitrogen and oxygen atoms in total. The van der Waals surface area contributed by atoms with Crippen LogP contribution in [0.2, 0.25) is 0 Å². The number of urea groups is 1. The molecule has 1 fully saturated rings. The van der Waals surface area contributed by atoms with Gasteiger partial charge in [-0.15, -0.1) is 11.8 Å². The molecule has 0 aromatic carbocycles. The van der Waals surface area contributed by atoms with Crippen molar-refractivity contribution in [2.45, 2.75) is 25.8 Å². The van der Waals surface area contributed by atoms with Crippen molar-refractivity contribution in [1.29, 1.82) is 0 Å². The quantitative estimate of drug-likeness (QED) is 0.467. The molecular weight excluding hydrogens is 250 g/mol. The van der Waals surface area contributed by atoms with E-state index in [4.69, 9.17) is 5.11 Å². The van der Waals surface area contributed by atoms with Gasteiger partial charge in [-0.25, -0.2) is 4.79 Å². The average Bonchev–Trinajstić information content (AvgIpc) is 2.36. The lowest BCUT2D eigenvalue weighted by Crippen LogP contribution is -2.60. The van der Waals surface area contributed by atoms with Crippen molar-refractivity contribution in [2.24, 2.45) is 0 Å². The summed E-state index contributed by atoms with van der Waals surface area (Å²) in [7, 11) is 0. The zero-order chi connectivity index (χ0) is 14.3. The molecule has 1 rings (SSSR count). The molecule has 0 saturated carbocycles. The second kappa shape index (κ2) is 7.26. The molecule has 104 valence electrons. The van der Waals surface area contributed by atoms with Crippen LogP contribution in [0.4, 0.5) is 4.79 Å². The Labute approximate surface area is 111 Å². The Bertz CT molecular complexity index is 424. The third-order valence-electron chi connectivity index (χ3n) is 2.66. The van der Waals surface area contributed by atoms with E-state index in [1.807, 2.05) is 0 Å². The number of piperazine rings is 1. The molecule has 19 heavy (non-hydrogen) atoms. The summed E-state index contributed by atoms with van der Waals surface area (Å²) in [5, 5.41) is 13.9. The predicted octanol–water partition coefficient (Wildman–Crippen LogP) is -0.615. The molecule has 0 aromatic rings. The summed E-state index contributed by atoms with van der Waals surface area (Å²) in [6.07, 6.45) is 0.125. The zero-order valence-corrected chi connectivity index (χ0v) is 10.7. The molecule has 0 radical (unpaired) electrons. The molecule has 1 aliphatic rings. The second-order valence-electron chi connectivity index (χ2n) is 4.01. The number of carbonyl (C=O) groups excluding carboxylic acids is 2. The largest absolute Gasteiger partial charge is 0.481 e. The van der Waals surface area contributed by atoms with Crippen molar-refractivity contribution < 1.29 is 19.5 Å². The number of rotatable bonds is 4. The molecule has 1 saturated heterocycles. The Morgan fingerprint density at radius 3 is 2.95 bits per heavy atom. The van der Waals surface area contributed by atoms with Crippen LogP contribution in [0, 0.1) is 11.8 Å². The fourth-order valence-electron chi connectivity index (χ4n) is 1.78. The van der Waals surface area contributed by atoms with Gasteiger partial charge in [0.25, 0.3) is 0 Å². The van der Waals surface area contributed by atoms with Crippen LogP contribution < -0.4 is 10.6 Å². The van der Waals surface area contributed by atoms with Crippen LogP contribution in [0.25, 0.3) is 0 Å². The fraction of sp³-hybridized carbons (Fsp3) is 0.583. The molecule has 1 heterocycles. The maximum absolute atomic E-state index is 11.9. The Morgan fingerprint density at radius 2 is 2.32 bits per heavy atom. The Hall–Kier alpha value is -2.23. The van der Waals surface area contributed by atoms with Gasteiger partial charge in [-0.1, -0.05) is 0 Å². The summed E-state index contributed by atoms with van der Waals surface area (Å²) in [6.45, 7) is 2.71. The number of carboxylic acid groups (broad SMARTS) is 1. The van der Waals surface area contributed by atoms with Crippen molar-refractivity contribution in [3.05, 3.63) is 0 Å². The van der Waals surface area contributed by atoms with E-state index in [9.17, 15) is 14.4 Å². The van der Waals surface area contributed by atoms with E-state index in [-0.39, 0.29) is 0 Å². The van der Waals surface area contributed by atoms with E-state index in [2.05, 4.69) is 22.5 Å². The molecule has 1 aliphatic heterocycles. The van der Waals surface area contributed by atoms with Crippen molar-refractivity contribution in [1.82, 2.24) is 15.5 Å². The molecule has 3 N–H and O–H groups in total. The second-order valence-corrected chi connectivity index (χ2v) is 4.01. The van der Waals surface area contributed by atoms with Gasteiger partial charge in [0.05, 0.1) is 6.42 Å². The molecule has 1 atom stereocenters. The summed E-state index contributed by atoms with van der Waals surface area (Å²) in [5.41, 5.74) is 0. The molecule has 7 heteroatoms. The van der Waals surface area contributed by atoms with Crippen molar-refractivity contribution in [2.75, 3.05) is 19.6 Å². The number of hydrogen-bond acceptors (Lipinski definition) is 3. The fourth-order valence-corrected chi connectivity index (χ4v) is 1.78. The highest BCUT2D eigenvalue weighted by atomic mass is 16.4. The zero-order valence-electron chi connectivity index (χ0n) is 10.7. The van der Waals surface area contributed by atoms with Gasteiger partial charge in [0, 0.05) is 26.1 Å². The third kappa shape index (κ3) is 4.50. The minimum absolute atomic E-state index is 0.301. The first-order valence-electron chi connectivity index (χ1n) is 6.00. The Balaban J connectivity index is 2.59. The summed E-state index contributed by atoms with van der Waals surface area (Å²) in [4.78, 5) is 35.5. The van der Waals surface area contributed by atoms with Gasteiger partial charge in [-0.05, 0) is 6.92 Å². The normalized spacial score (nSPS) is 18.1. The average molecular weight is 267 g/mol. The highest BCUT2D eigenvalue weighted by molar-refractivity contribution is 5.91. The van der Waals surface area contributed by atoms with Gasteiger partial charge in [0.15, 0.2) is 0 Å². The first-order chi connectivity index (χ1) is 9.06. The molecule has 0 aromatic heterocycles. The highest BCUT2D eigenvalue weighted by Gasteiger charge is 2.34. The number of amides is 3. The number of nitrogens with one attached hydrogen (secondary N) is 2. The summed E-state index contributed by atoms with van der Waals surface area (Å²) in [5.74, 6) is 3.96. The lowest BCUT2D eigenvalue weighted by molar-refractivity contribution is -0.142. The maximum atomic E-state index is 11.9. The molecule has 1 unspecified atom stereocenters. The minimum Gasteiger partial charge on any atom is -0.481 e. The number of carboxylic acids is 1. The minimum atomic E-state index is -1.11. The molecule has 0 bridgehead atoms. The predicted molar refractivity (Wildman–Crippen MR) is 67.2 cm³/mol. The van der Waals surface area contributed by atoms with Crippen LogP contribution in [0.15, 0.2) is 0 Å². The monoisotopic (exact) mass is 267 g/mol. The number of carbonyl (C=O) groups is 3. The molecule has 3 amide bonds. The van der Waals surface area contributed by atoms with Gasteiger partial charge in [-0.3, -0.25) is 9.59 Å². The van der Waals surface area contributed by atoms with E-state index in [1.165, 1.54) is 4.90 Å². The third-order valence-corrected chi connectivity index (χ3v) is 2.66. The molecular formula is C12H17N3O4. The van der Waals surface area contributed by atoms with Gasteiger partial charge < -0.3 is 20.6 Å². The SMILES string of the molecule is CC#CCCNC(=O)N1CCNC(=O)C1CC(=O)O. The van der Waals surface area contributed by atoms with Crippen LogP contribution in [0.1, 0.15) is 19.8 Å². The number of nitrogens with zero attached hydrogens (tertiary/aromatic N) is 1. The lowest BCUT2D eigenvalue weighted by Gasteiger charge is -2.34. The van der Waals surface area contributed by atoms with Crippen LogP contribution >= 0.6 is 0 Å². The molecule has 0 aliphatic carbocycles. The lowest BCUT2D eigenvalue weighted by atomic mass is 10.1. The van der Waals surface area contributed by atoms with Crippen LogP contribution in [0.3, 0.4) is 0 Å². The van der Waals surface area contributed by atoms with E-state index < -0.39 is 30.4 Å². The van der Waals surface area contributed by atoms with E-state index in [1.54, 1.807) is 6.92 Å². The first-order valence-corrected chi connectivity index (χ1v) is 6.00. The highest BCUT2D eigenvalue weighted by Crippen LogP contribution is 2.09. The first kappa shape index (κ1) is 14.8. The molecule has 0 spiro atoms. The van der Waals surface area contributed by atoms with E-state index in [0.717, 1.165) is 0 Å². The van der Waals surface area contributed by atoms with E-state index >= 15 is 0 Å². The number of aliphatic carboxylic acids is 1. The summed E-state index contributed by atoms with van der Waals surface area (Å²) >= 11 is 0. The van der Waals surface area contributed by atoms with Crippen LogP contribution in [-0.2, 0) is 9.59 Å². The van der Waals surface area contributed by atoms with Crippen LogP contribution in [0.5, 0.6) is 0 Å². The van der Waals surface area contributed by atoms with Gasteiger partial charge in [0.2, 0.25) is 5.91 Å². The van der Waals surface area contributed by atoms with E-state index in [0.29, 0.717) is 26.1 Å².